The predicted octanol–water partition coefficient (Wildman–Crippen LogP) is 5.39. The summed E-state index contributed by atoms with van der Waals surface area (Å²) in [6.07, 6.45) is 8.35. The summed E-state index contributed by atoms with van der Waals surface area (Å²) in [4.78, 5) is 13.6. The molecule has 0 radical (unpaired) electrons. The zero-order valence-electron chi connectivity index (χ0n) is 17.6. The van der Waals surface area contributed by atoms with Gasteiger partial charge in [-0.3, -0.25) is 4.90 Å². The maximum absolute atomic E-state index is 10.9. The SMILES string of the molecule is CO.O=CC1CC2(C1)CN(C1CCc3cc(-c4ccc(C5CC5)c(Cl)c4)ccc31)C2. The van der Waals surface area contributed by atoms with Crippen molar-refractivity contribution >= 4 is 17.9 Å². The van der Waals surface area contributed by atoms with E-state index in [-0.39, 0.29) is 0 Å². The van der Waals surface area contributed by atoms with Crippen molar-refractivity contribution in [3.63, 3.8) is 0 Å². The Bertz CT molecular complexity index is 954. The van der Waals surface area contributed by atoms with E-state index in [9.17, 15) is 4.79 Å². The maximum Gasteiger partial charge on any atom is 0.123 e. The van der Waals surface area contributed by atoms with Crippen LogP contribution in [0.5, 0.6) is 0 Å². The molecular weight excluding hydrogens is 394 g/mol. The summed E-state index contributed by atoms with van der Waals surface area (Å²) in [5.74, 6) is 1.03. The van der Waals surface area contributed by atoms with Gasteiger partial charge >= 0.3 is 0 Å². The van der Waals surface area contributed by atoms with Crippen molar-refractivity contribution in [1.82, 2.24) is 4.90 Å². The number of aliphatic hydroxyl groups excluding tert-OH is 1. The lowest BCUT2D eigenvalue weighted by Crippen LogP contribution is -2.62. The first-order chi connectivity index (χ1) is 14.6. The fourth-order valence-corrected chi connectivity index (χ4v) is 6.36. The fourth-order valence-electron chi connectivity index (χ4n) is 6.03. The van der Waals surface area contributed by atoms with Crippen LogP contribution < -0.4 is 0 Å². The van der Waals surface area contributed by atoms with Crippen molar-refractivity contribution in [3.8, 4) is 11.1 Å². The predicted molar refractivity (Wildman–Crippen MR) is 121 cm³/mol. The molecule has 1 spiro atoms. The molecule has 30 heavy (non-hydrogen) atoms. The summed E-state index contributed by atoms with van der Waals surface area (Å²) >= 11 is 6.56. The number of hydrogen-bond acceptors (Lipinski definition) is 3. The van der Waals surface area contributed by atoms with Gasteiger partial charge in [-0.05, 0) is 83.7 Å². The van der Waals surface area contributed by atoms with Crippen molar-refractivity contribution in [2.24, 2.45) is 11.3 Å². The highest BCUT2D eigenvalue weighted by Gasteiger charge is 2.54. The molecule has 1 heterocycles. The topological polar surface area (TPSA) is 40.5 Å². The monoisotopic (exact) mass is 423 g/mol. The molecule has 4 aliphatic rings. The van der Waals surface area contributed by atoms with E-state index < -0.39 is 0 Å². The Hall–Kier alpha value is -1.68. The van der Waals surface area contributed by atoms with Crippen LogP contribution in [0.3, 0.4) is 0 Å². The molecule has 3 aliphatic carbocycles. The van der Waals surface area contributed by atoms with Crippen molar-refractivity contribution in [1.29, 1.82) is 0 Å². The van der Waals surface area contributed by atoms with E-state index in [1.165, 1.54) is 66.6 Å². The van der Waals surface area contributed by atoms with Crippen LogP contribution in [-0.4, -0.2) is 36.5 Å². The molecule has 0 aromatic heterocycles. The second-order valence-corrected chi connectivity index (χ2v) is 10.1. The van der Waals surface area contributed by atoms with Crippen LogP contribution >= 0.6 is 11.6 Å². The van der Waals surface area contributed by atoms with Gasteiger partial charge in [0.15, 0.2) is 0 Å². The lowest BCUT2D eigenvalue weighted by atomic mass is 9.58. The molecular formula is C26H30ClNO2. The third-order valence-electron chi connectivity index (χ3n) is 7.64. The van der Waals surface area contributed by atoms with Gasteiger partial charge < -0.3 is 9.90 Å². The van der Waals surface area contributed by atoms with Gasteiger partial charge in [0, 0.05) is 37.2 Å². The zero-order chi connectivity index (χ0) is 20.9. The smallest absolute Gasteiger partial charge is 0.123 e. The first-order valence-electron chi connectivity index (χ1n) is 11.2. The number of aliphatic hydroxyl groups is 1. The van der Waals surface area contributed by atoms with E-state index in [0.717, 1.165) is 31.3 Å². The Kier molecular flexibility index (Phi) is 5.25. The minimum atomic E-state index is 0.332. The Labute approximate surface area is 184 Å². The van der Waals surface area contributed by atoms with Crippen LogP contribution in [0.25, 0.3) is 11.1 Å². The standard InChI is InChI=1S/C25H26ClNO.CH4O/c26-23-10-19(3-6-21(23)17-1-2-17)18-4-7-22-20(9-18)5-8-24(22)27-14-25(15-27)11-16(12-25)13-28;1-2/h3-4,6-7,9-10,13,16-17,24H,1-2,5,8,11-12,14-15H2;2H,1H3. The van der Waals surface area contributed by atoms with Gasteiger partial charge in [0.1, 0.15) is 6.29 Å². The second-order valence-electron chi connectivity index (χ2n) is 9.69. The van der Waals surface area contributed by atoms with E-state index in [0.29, 0.717) is 23.3 Å². The Morgan fingerprint density at radius 2 is 1.67 bits per heavy atom. The highest BCUT2D eigenvalue weighted by molar-refractivity contribution is 6.31. The molecule has 2 aromatic rings. The number of likely N-dealkylation sites (tertiary alicyclic amines) is 1. The molecule has 3 nitrogen and oxygen atoms in total. The summed E-state index contributed by atoms with van der Waals surface area (Å²) in [6.45, 7) is 2.36. The van der Waals surface area contributed by atoms with Gasteiger partial charge in [-0.15, -0.1) is 0 Å². The molecule has 158 valence electrons. The van der Waals surface area contributed by atoms with Gasteiger partial charge in [-0.2, -0.15) is 0 Å². The molecule has 0 bridgehead atoms. The van der Waals surface area contributed by atoms with E-state index in [4.69, 9.17) is 16.7 Å². The third kappa shape index (κ3) is 3.41. The van der Waals surface area contributed by atoms with Crippen LogP contribution in [0.4, 0.5) is 0 Å². The zero-order valence-corrected chi connectivity index (χ0v) is 18.4. The summed E-state index contributed by atoms with van der Waals surface area (Å²) < 4.78 is 0. The molecule has 4 heteroatoms. The molecule has 1 atom stereocenters. The number of hydrogen-bond donors (Lipinski definition) is 1. The normalized spacial score (nSPS) is 24.4. The van der Waals surface area contributed by atoms with Gasteiger partial charge in [-0.1, -0.05) is 41.9 Å². The molecule has 0 amide bonds. The van der Waals surface area contributed by atoms with Crippen molar-refractivity contribution in [2.45, 2.75) is 50.5 Å². The van der Waals surface area contributed by atoms with E-state index >= 15 is 0 Å². The lowest BCUT2D eigenvalue weighted by Gasteiger charge is -2.60. The third-order valence-corrected chi connectivity index (χ3v) is 7.97. The molecule has 1 saturated heterocycles. The number of nitrogens with zero attached hydrogens (tertiary/aromatic N) is 1. The quantitative estimate of drug-likeness (QED) is 0.670. The van der Waals surface area contributed by atoms with Crippen LogP contribution in [0.1, 0.15) is 60.8 Å². The average molecular weight is 424 g/mol. The van der Waals surface area contributed by atoms with Crippen LogP contribution in [-0.2, 0) is 11.2 Å². The molecule has 6 rings (SSSR count). The van der Waals surface area contributed by atoms with Crippen LogP contribution in [0, 0.1) is 11.3 Å². The van der Waals surface area contributed by atoms with E-state index in [1.807, 2.05) is 0 Å². The highest BCUT2D eigenvalue weighted by Crippen LogP contribution is 2.54. The van der Waals surface area contributed by atoms with Gasteiger partial charge in [0.2, 0.25) is 0 Å². The van der Waals surface area contributed by atoms with Crippen LogP contribution in [0.2, 0.25) is 5.02 Å². The molecule has 1 N–H and O–H groups in total. The maximum atomic E-state index is 10.9. The first-order valence-corrected chi connectivity index (χ1v) is 11.6. The molecule has 2 aromatic carbocycles. The number of aryl methyl sites for hydroxylation is 1. The van der Waals surface area contributed by atoms with Gasteiger partial charge in [0.25, 0.3) is 0 Å². The fraction of sp³-hybridized carbons (Fsp3) is 0.500. The second kappa shape index (κ2) is 7.78. The summed E-state index contributed by atoms with van der Waals surface area (Å²) in [5, 5.41) is 7.93. The summed E-state index contributed by atoms with van der Waals surface area (Å²) in [7, 11) is 1.00. The van der Waals surface area contributed by atoms with Crippen molar-refractivity contribution in [2.75, 3.05) is 20.2 Å². The summed E-state index contributed by atoms with van der Waals surface area (Å²) in [5.41, 5.74) is 7.34. The van der Waals surface area contributed by atoms with Gasteiger partial charge in [-0.25, -0.2) is 0 Å². The number of halogens is 1. The van der Waals surface area contributed by atoms with Gasteiger partial charge in [0.05, 0.1) is 0 Å². The average Bonchev–Trinajstić information content (AvgIpc) is 3.47. The molecule has 1 unspecified atom stereocenters. The highest BCUT2D eigenvalue weighted by atomic mass is 35.5. The number of benzene rings is 2. The molecule has 2 saturated carbocycles. The minimum absolute atomic E-state index is 0.332. The lowest BCUT2D eigenvalue weighted by molar-refractivity contribution is -0.136. The number of rotatable bonds is 4. The summed E-state index contributed by atoms with van der Waals surface area (Å²) in [6, 6.07) is 14.2. The van der Waals surface area contributed by atoms with Crippen molar-refractivity contribution in [3.05, 3.63) is 58.1 Å². The number of fused-ring (bicyclic) bond motifs is 1. The molecule has 1 aliphatic heterocycles. The largest absolute Gasteiger partial charge is 0.400 e. The Morgan fingerprint density at radius 3 is 2.30 bits per heavy atom. The number of aldehydes is 1. The van der Waals surface area contributed by atoms with E-state index in [2.05, 4.69) is 41.3 Å². The molecule has 3 fully saturated rings. The Balaban J connectivity index is 0.000000937. The van der Waals surface area contributed by atoms with Crippen LogP contribution in [0.15, 0.2) is 36.4 Å². The first kappa shape index (κ1) is 20.2. The number of carbonyl (C=O) groups excluding carboxylic acids is 1. The minimum Gasteiger partial charge on any atom is -0.400 e. The Morgan fingerprint density at radius 1 is 1.00 bits per heavy atom. The number of carbonyl (C=O) groups is 1. The van der Waals surface area contributed by atoms with Crippen molar-refractivity contribution < 1.29 is 9.90 Å². The van der Waals surface area contributed by atoms with E-state index in [1.54, 1.807) is 0 Å².